The third-order valence-corrected chi connectivity index (χ3v) is 10.4. The molecule has 0 radical (unpaired) electrons. The number of carbonyl (C=O) groups excluding carboxylic acids is 2. The molecular weight excluding hydrogens is 516 g/mol. The predicted molar refractivity (Wildman–Crippen MR) is 149 cm³/mol. The summed E-state index contributed by atoms with van der Waals surface area (Å²) < 4.78 is 35.5. The molecule has 3 N–H and O–H groups in total. The molecule has 206 valence electrons. The predicted octanol–water partition coefficient (Wildman–Crippen LogP) is 3.87. The molecule has 9 nitrogen and oxygen atoms in total. The zero-order valence-corrected chi connectivity index (χ0v) is 23.3. The topological polar surface area (TPSA) is 124 Å². The zero-order valence-electron chi connectivity index (χ0n) is 22.5. The number of aromatic nitrogens is 1. The lowest BCUT2D eigenvalue weighted by Gasteiger charge is -2.24. The lowest BCUT2D eigenvalue weighted by molar-refractivity contribution is -0.123. The molecule has 2 aromatic carbocycles. The van der Waals surface area contributed by atoms with Crippen molar-refractivity contribution in [2.75, 3.05) is 21.2 Å². The molecule has 2 fully saturated rings. The summed E-state index contributed by atoms with van der Waals surface area (Å²) in [5, 5.41) is 1.03. The van der Waals surface area contributed by atoms with E-state index in [4.69, 9.17) is 10.5 Å². The summed E-state index contributed by atoms with van der Waals surface area (Å²) in [6, 6.07) is 11.4. The number of hydrogen-bond donors (Lipinski definition) is 2. The Morgan fingerprint density at radius 2 is 1.85 bits per heavy atom. The largest absolute Gasteiger partial charge is 0.497 e. The maximum absolute atomic E-state index is 13.1. The highest BCUT2D eigenvalue weighted by Crippen LogP contribution is 2.65. The number of fused-ring (bicyclic) bond motifs is 7. The monoisotopic (exact) mass is 550 g/mol. The van der Waals surface area contributed by atoms with E-state index < -0.39 is 21.5 Å². The van der Waals surface area contributed by atoms with Gasteiger partial charge in [0.05, 0.1) is 18.2 Å². The zero-order chi connectivity index (χ0) is 27.7. The molecular formula is C29H34N4O5S. The van der Waals surface area contributed by atoms with Gasteiger partial charge in [0, 0.05) is 48.6 Å². The maximum atomic E-state index is 13.1. The first-order chi connectivity index (χ1) is 18.6. The number of benzene rings is 2. The van der Waals surface area contributed by atoms with Gasteiger partial charge in [0.25, 0.3) is 5.91 Å². The summed E-state index contributed by atoms with van der Waals surface area (Å²) >= 11 is 0. The average Bonchev–Trinajstić information content (AvgIpc) is 3.59. The van der Waals surface area contributed by atoms with Crippen molar-refractivity contribution < 1.29 is 22.7 Å². The van der Waals surface area contributed by atoms with E-state index in [0.717, 1.165) is 63.5 Å². The number of nitrogens with two attached hydrogens (primary N) is 1. The number of methoxy groups -OCH3 is 1. The third-order valence-electron chi connectivity index (χ3n) is 8.98. The molecule has 39 heavy (non-hydrogen) atoms. The Morgan fingerprint density at radius 3 is 2.51 bits per heavy atom. The minimum Gasteiger partial charge on any atom is -0.497 e. The highest BCUT2D eigenvalue weighted by atomic mass is 32.2. The van der Waals surface area contributed by atoms with Gasteiger partial charge in [0.2, 0.25) is 5.91 Å². The number of nitrogens with one attached hydrogen (secondary N) is 1. The molecule has 2 saturated carbocycles. The molecule has 2 amide bonds. The third kappa shape index (κ3) is 4.03. The standard InChI is InChI=1S/C29H34N4O5S/c1-32(2)39(36,37)31-27(34)18-9-11-21-24(13-18)33-16-29(28(30)35)15-23(29)22-14-19(38-3)10-12-20(22)26(33)25(21)17-7-5-4-6-8-17/h9-14,17,23H,4-8,15-16H2,1-3H3,(H2,30,35)(H,31,34). The van der Waals surface area contributed by atoms with Crippen molar-refractivity contribution in [1.29, 1.82) is 0 Å². The van der Waals surface area contributed by atoms with Crippen LogP contribution in [0.25, 0.3) is 22.2 Å². The first-order valence-electron chi connectivity index (χ1n) is 13.5. The number of carbonyl (C=O) groups is 2. The van der Waals surface area contributed by atoms with Gasteiger partial charge in [0.15, 0.2) is 0 Å². The van der Waals surface area contributed by atoms with Crippen LogP contribution in [0.5, 0.6) is 5.75 Å². The molecule has 10 heteroatoms. The first kappa shape index (κ1) is 25.9. The number of primary amides is 1. The Labute approximate surface area is 228 Å². The van der Waals surface area contributed by atoms with E-state index in [-0.39, 0.29) is 17.4 Å². The summed E-state index contributed by atoms with van der Waals surface area (Å²) in [4.78, 5) is 26.0. The molecule has 0 bridgehead atoms. The van der Waals surface area contributed by atoms with E-state index in [0.29, 0.717) is 18.9 Å². The van der Waals surface area contributed by atoms with Crippen LogP contribution in [0, 0.1) is 5.41 Å². The van der Waals surface area contributed by atoms with Crippen LogP contribution in [0.2, 0.25) is 0 Å². The Hall–Kier alpha value is -3.37. The normalized spacial score (nSPS) is 22.5. The van der Waals surface area contributed by atoms with Crippen LogP contribution in [-0.2, 0) is 21.5 Å². The van der Waals surface area contributed by atoms with Crippen LogP contribution in [0.4, 0.5) is 0 Å². The van der Waals surface area contributed by atoms with Crippen LogP contribution in [0.3, 0.4) is 0 Å². The van der Waals surface area contributed by atoms with Gasteiger partial charge >= 0.3 is 10.2 Å². The summed E-state index contributed by atoms with van der Waals surface area (Å²) in [5.41, 5.74) is 10.8. The van der Waals surface area contributed by atoms with Gasteiger partial charge in [-0.1, -0.05) is 25.3 Å². The van der Waals surface area contributed by atoms with E-state index in [9.17, 15) is 18.0 Å². The van der Waals surface area contributed by atoms with E-state index in [1.807, 2.05) is 18.2 Å². The molecule has 2 unspecified atom stereocenters. The fraction of sp³-hybridized carbons (Fsp3) is 0.448. The number of hydrogen-bond acceptors (Lipinski definition) is 5. The molecule has 6 rings (SSSR count). The van der Waals surface area contributed by atoms with Crippen molar-refractivity contribution in [2.45, 2.75) is 56.9 Å². The van der Waals surface area contributed by atoms with E-state index in [1.165, 1.54) is 26.1 Å². The highest BCUT2D eigenvalue weighted by Gasteiger charge is 2.62. The van der Waals surface area contributed by atoms with E-state index in [1.54, 1.807) is 19.2 Å². The Kier molecular flexibility index (Phi) is 6.03. The first-order valence-corrected chi connectivity index (χ1v) is 14.9. The van der Waals surface area contributed by atoms with Crippen LogP contribution in [0.15, 0.2) is 36.4 Å². The molecule has 1 aliphatic heterocycles. The van der Waals surface area contributed by atoms with Gasteiger partial charge in [-0.15, -0.1) is 0 Å². The molecule has 3 aliphatic rings. The second-order valence-electron chi connectivity index (χ2n) is 11.4. The Morgan fingerprint density at radius 1 is 1.10 bits per heavy atom. The van der Waals surface area contributed by atoms with Crippen LogP contribution >= 0.6 is 0 Å². The Bertz CT molecular complexity index is 1620. The van der Waals surface area contributed by atoms with Gasteiger partial charge in [0.1, 0.15) is 5.75 Å². The second kappa shape index (κ2) is 9.09. The van der Waals surface area contributed by atoms with E-state index in [2.05, 4.69) is 15.4 Å². The fourth-order valence-corrected chi connectivity index (χ4v) is 7.27. The van der Waals surface area contributed by atoms with Gasteiger partial charge in [-0.3, -0.25) is 9.59 Å². The van der Waals surface area contributed by atoms with Crippen LogP contribution in [-0.4, -0.2) is 50.3 Å². The van der Waals surface area contributed by atoms with Crippen molar-refractivity contribution >= 4 is 32.9 Å². The molecule has 2 heterocycles. The van der Waals surface area contributed by atoms with Crippen LogP contribution in [0.1, 0.15) is 71.8 Å². The quantitative estimate of drug-likeness (QED) is 0.482. The van der Waals surface area contributed by atoms with Crippen molar-refractivity contribution in [3.8, 4) is 17.0 Å². The smallest absolute Gasteiger partial charge is 0.303 e. The number of rotatable bonds is 6. The van der Waals surface area contributed by atoms with Crippen molar-refractivity contribution in [3.63, 3.8) is 0 Å². The van der Waals surface area contributed by atoms with Gasteiger partial charge < -0.3 is 15.0 Å². The number of ether oxygens (including phenoxy) is 1. The van der Waals surface area contributed by atoms with Gasteiger partial charge in [-0.2, -0.15) is 12.7 Å². The van der Waals surface area contributed by atoms with Crippen molar-refractivity contribution in [3.05, 3.63) is 53.1 Å². The Balaban J connectivity index is 1.60. The van der Waals surface area contributed by atoms with E-state index >= 15 is 0 Å². The van der Waals surface area contributed by atoms with Gasteiger partial charge in [-0.25, -0.2) is 4.72 Å². The number of nitrogens with zero attached hydrogens (tertiary/aromatic N) is 2. The minimum absolute atomic E-state index is 0.00836. The lowest BCUT2D eigenvalue weighted by Crippen LogP contribution is -2.39. The molecule has 1 aromatic heterocycles. The molecule has 0 saturated heterocycles. The minimum atomic E-state index is -3.95. The SMILES string of the molecule is COc1ccc2c(c1)C1CC1(C(N)=O)Cn1c-2c(C2CCCCC2)c2ccc(C(=O)NS(=O)(=O)N(C)C)cc21. The summed E-state index contributed by atoms with van der Waals surface area (Å²) in [6.07, 6.45) is 6.33. The molecule has 0 spiro atoms. The molecule has 2 aliphatic carbocycles. The lowest BCUT2D eigenvalue weighted by atomic mass is 9.81. The van der Waals surface area contributed by atoms with Gasteiger partial charge in [-0.05, 0) is 66.6 Å². The van der Waals surface area contributed by atoms with Crippen molar-refractivity contribution in [1.82, 2.24) is 13.6 Å². The number of amides is 2. The maximum Gasteiger partial charge on any atom is 0.303 e. The highest BCUT2D eigenvalue weighted by molar-refractivity contribution is 7.87. The second-order valence-corrected chi connectivity index (χ2v) is 13.2. The summed E-state index contributed by atoms with van der Waals surface area (Å²) in [7, 11) is 0.419. The summed E-state index contributed by atoms with van der Waals surface area (Å²) in [5.74, 6) is 0.0456. The van der Waals surface area contributed by atoms with Crippen molar-refractivity contribution in [2.24, 2.45) is 11.1 Å². The molecule has 3 aromatic rings. The fourth-order valence-electron chi connectivity index (χ4n) is 6.74. The van der Waals surface area contributed by atoms with Crippen LogP contribution < -0.4 is 15.2 Å². The average molecular weight is 551 g/mol. The summed E-state index contributed by atoms with van der Waals surface area (Å²) in [6.45, 7) is 0.406. The molecule has 2 atom stereocenters.